The number of aliphatic hydroxyl groups is 2. The van der Waals surface area contributed by atoms with Crippen LogP contribution >= 0.6 is 0 Å². The fraction of sp³-hybridized carbons (Fsp3) is 0.385. The van der Waals surface area contributed by atoms with Crippen molar-refractivity contribution in [3.63, 3.8) is 0 Å². The summed E-state index contributed by atoms with van der Waals surface area (Å²) < 4.78 is 5.06. The maximum atomic E-state index is 9.88. The topological polar surface area (TPSA) is 69.9 Å². The summed E-state index contributed by atoms with van der Waals surface area (Å²) >= 11 is 0. The minimum Gasteiger partial charge on any atom is -0.504 e. The van der Waals surface area contributed by atoms with Gasteiger partial charge in [-0.3, -0.25) is 0 Å². The van der Waals surface area contributed by atoms with E-state index in [-0.39, 0.29) is 18.8 Å². The van der Waals surface area contributed by atoms with Crippen molar-refractivity contribution in [2.75, 3.05) is 13.7 Å². The first-order valence-electron chi connectivity index (χ1n) is 5.41. The van der Waals surface area contributed by atoms with Crippen LogP contribution in [0.3, 0.4) is 0 Å². The lowest BCUT2D eigenvalue weighted by molar-refractivity contribution is 0.0949. The van der Waals surface area contributed by atoms with Crippen LogP contribution in [-0.4, -0.2) is 35.1 Å². The number of hydrogen-bond acceptors (Lipinski definition) is 4. The Morgan fingerprint density at radius 1 is 1.47 bits per heavy atom. The SMILES string of the molecule is C=CCc1cc(CC(O)CO)c(O)c(OC)c1. The summed E-state index contributed by atoms with van der Waals surface area (Å²) in [5, 5.41) is 28.1. The van der Waals surface area contributed by atoms with Crippen molar-refractivity contribution >= 4 is 0 Å². The molecule has 0 amide bonds. The predicted octanol–water partition coefficient (Wildman–Crippen LogP) is 1.02. The summed E-state index contributed by atoms with van der Waals surface area (Å²) in [7, 11) is 1.47. The largest absolute Gasteiger partial charge is 0.504 e. The fourth-order valence-electron chi connectivity index (χ4n) is 1.64. The minimum absolute atomic E-state index is 0.00723. The molecule has 94 valence electrons. The Labute approximate surface area is 101 Å². The Morgan fingerprint density at radius 3 is 2.71 bits per heavy atom. The second kappa shape index (κ2) is 6.27. The van der Waals surface area contributed by atoms with Gasteiger partial charge in [-0.15, -0.1) is 6.58 Å². The van der Waals surface area contributed by atoms with Crippen LogP contribution in [-0.2, 0) is 12.8 Å². The van der Waals surface area contributed by atoms with Gasteiger partial charge in [0.05, 0.1) is 19.8 Å². The number of allylic oxidation sites excluding steroid dienone is 1. The predicted molar refractivity (Wildman–Crippen MR) is 65.4 cm³/mol. The van der Waals surface area contributed by atoms with Gasteiger partial charge in [-0.05, 0) is 18.1 Å². The summed E-state index contributed by atoms with van der Waals surface area (Å²) in [5.74, 6) is 0.373. The number of methoxy groups -OCH3 is 1. The summed E-state index contributed by atoms with van der Waals surface area (Å²) in [5.41, 5.74) is 1.50. The molecule has 3 N–H and O–H groups in total. The van der Waals surface area contributed by atoms with Crippen molar-refractivity contribution in [3.05, 3.63) is 35.9 Å². The van der Waals surface area contributed by atoms with E-state index in [0.717, 1.165) is 5.56 Å². The van der Waals surface area contributed by atoms with Gasteiger partial charge in [0.2, 0.25) is 0 Å². The van der Waals surface area contributed by atoms with Crippen LogP contribution < -0.4 is 4.74 Å². The van der Waals surface area contributed by atoms with Crippen molar-refractivity contribution in [1.29, 1.82) is 0 Å². The highest BCUT2D eigenvalue weighted by molar-refractivity contribution is 5.49. The first kappa shape index (κ1) is 13.5. The van der Waals surface area contributed by atoms with Gasteiger partial charge < -0.3 is 20.1 Å². The highest BCUT2D eigenvalue weighted by Crippen LogP contribution is 2.32. The molecule has 0 bridgehead atoms. The number of phenols is 1. The van der Waals surface area contributed by atoms with E-state index in [2.05, 4.69) is 6.58 Å². The molecule has 0 aromatic heterocycles. The molecule has 17 heavy (non-hydrogen) atoms. The van der Waals surface area contributed by atoms with E-state index < -0.39 is 6.10 Å². The molecule has 0 radical (unpaired) electrons. The first-order chi connectivity index (χ1) is 8.12. The third-order valence-corrected chi connectivity index (χ3v) is 2.48. The van der Waals surface area contributed by atoms with Gasteiger partial charge in [-0.1, -0.05) is 12.1 Å². The lowest BCUT2D eigenvalue weighted by Crippen LogP contribution is -2.15. The molecule has 1 aromatic carbocycles. The Morgan fingerprint density at radius 2 is 2.18 bits per heavy atom. The molecule has 0 spiro atoms. The Balaban J connectivity index is 3.08. The van der Waals surface area contributed by atoms with Crippen molar-refractivity contribution in [1.82, 2.24) is 0 Å². The van der Waals surface area contributed by atoms with Crippen molar-refractivity contribution in [3.8, 4) is 11.5 Å². The van der Waals surface area contributed by atoms with Crippen LogP contribution in [0.25, 0.3) is 0 Å². The van der Waals surface area contributed by atoms with Gasteiger partial charge in [0, 0.05) is 12.0 Å². The third kappa shape index (κ3) is 3.47. The summed E-state index contributed by atoms with van der Waals surface area (Å²) in [4.78, 5) is 0. The van der Waals surface area contributed by atoms with Gasteiger partial charge in [0.15, 0.2) is 11.5 Å². The van der Waals surface area contributed by atoms with Crippen LogP contribution in [0, 0.1) is 0 Å². The average Bonchev–Trinajstić information content (AvgIpc) is 2.33. The summed E-state index contributed by atoms with van der Waals surface area (Å²) in [6, 6.07) is 3.50. The van der Waals surface area contributed by atoms with E-state index in [9.17, 15) is 10.2 Å². The maximum Gasteiger partial charge on any atom is 0.161 e. The molecule has 4 nitrogen and oxygen atoms in total. The Hall–Kier alpha value is -1.52. The van der Waals surface area contributed by atoms with E-state index in [0.29, 0.717) is 17.7 Å². The highest BCUT2D eigenvalue weighted by Gasteiger charge is 2.13. The van der Waals surface area contributed by atoms with Crippen molar-refractivity contribution in [2.24, 2.45) is 0 Å². The van der Waals surface area contributed by atoms with E-state index in [1.165, 1.54) is 7.11 Å². The molecule has 0 fully saturated rings. The highest BCUT2D eigenvalue weighted by atomic mass is 16.5. The lowest BCUT2D eigenvalue weighted by atomic mass is 10.0. The molecule has 0 saturated heterocycles. The molecule has 0 aliphatic heterocycles. The molecular formula is C13H18O4. The van der Waals surface area contributed by atoms with Crippen LogP contribution in [0.15, 0.2) is 24.8 Å². The summed E-state index contributed by atoms with van der Waals surface area (Å²) in [6.07, 6.45) is 1.70. The zero-order valence-corrected chi connectivity index (χ0v) is 9.89. The Bertz CT molecular complexity index is 387. The van der Waals surface area contributed by atoms with E-state index in [1.807, 2.05) is 0 Å². The quantitative estimate of drug-likeness (QED) is 0.647. The van der Waals surface area contributed by atoms with Gasteiger partial charge in [-0.2, -0.15) is 0 Å². The zero-order chi connectivity index (χ0) is 12.8. The van der Waals surface area contributed by atoms with Gasteiger partial charge in [-0.25, -0.2) is 0 Å². The molecule has 0 heterocycles. The second-order valence-corrected chi connectivity index (χ2v) is 3.84. The molecule has 1 atom stereocenters. The fourth-order valence-corrected chi connectivity index (χ4v) is 1.64. The number of ether oxygens (including phenoxy) is 1. The maximum absolute atomic E-state index is 9.88. The molecular weight excluding hydrogens is 220 g/mol. The molecule has 1 unspecified atom stereocenters. The molecule has 4 heteroatoms. The second-order valence-electron chi connectivity index (χ2n) is 3.84. The van der Waals surface area contributed by atoms with Gasteiger partial charge >= 0.3 is 0 Å². The van der Waals surface area contributed by atoms with Crippen molar-refractivity contribution < 1.29 is 20.1 Å². The zero-order valence-electron chi connectivity index (χ0n) is 9.89. The van der Waals surface area contributed by atoms with Crippen LogP contribution in [0.5, 0.6) is 11.5 Å². The van der Waals surface area contributed by atoms with Crippen LogP contribution in [0.1, 0.15) is 11.1 Å². The average molecular weight is 238 g/mol. The van der Waals surface area contributed by atoms with Gasteiger partial charge in [0.25, 0.3) is 0 Å². The van der Waals surface area contributed by atoms with Crippen LogP contribution in [0.4, 0.5) is 0 Å². The smallest absolute Gasteiger partial charge is 0.161 e. The number of aliphatic hydroxyl groups excluding tert-OH is 2. The monoisotopic (exact) mass is 238 g/mol. The minimum atomic E-state index is -0.885. The molecule has 0 aliphatic rings. The molecule has 0 saturated carbocycles. The van der Waals surface area contributed by atoms with E-state index in [1.54, 1.807) is 18.2 Å². The lowest BCUT2D eigenvalue weighted by Gasteiger charge is -2.13. The third-order valence-electron chi connectivity index (χ3n) is 2.48. The number of rotatable bonds is 6. The number of benzene rings is 1. The summed E-state index contributed by atoms with van der Waals surface area (Å²) in [6.45, 7) is 3.31. The normalized spacial score (nSPS) is 12.2. The van der Waals surface area contributed by atoms with Crippen molar-refractivity contribution in [2.45, 2.75) is 18.9 Å². The number of aromatic hydroxyl groups is 1. The van der Waals surface area contributed by atoms with E-state index >= 15 is 0 Å². The number of hydrogen-bond donors (Lipinski definition) is 3. The first-order valence-corrected chi connectivity index (χ1v) is 5.41. The Kier molecular flexibility index (Phi) is 5.00. The standard InChI is InChI=1S/C13H18O4/c1-3-4-9-5-10(7-11(15)8-14)13(16)12(6-9)17-2/h3,5-6,11,14-16H,1,4,7-8H2,2H3. The molecule has 1 aromatic rings. The molecule has 1 rings (SSSR count). The molecule has 0 aliphatic carbocycles. The van der Waals surface area contributed by atoms with Crippen LogP contribution in [0.2, 0.25) is 0 Å². The number of phenolic OH excluding ortho intramolecular Hbond substituents is 1. The van der Waals surface area contributed by atoms with E-state index in [4.69, 9.17) is 9.84 Å². The van der Waals surface area contributed by atoms with Gasteiger partial charge in [0.1, 0.15) is 0 Å².